The van der Waals surface area contributed by atoms with Crippen molar-refractivity contribution in [3.63, 3.8) is 0 Å². The molecule has 1 atom stereocenters. The highest BCUT2D eigenvalue weighted by Gasteiger charge is 2.16. The molecule has 0 N–H and O–H groups in total. The summed E-state index contributed by atoms with van der Waals surface area (Å²) < 4.78 is 1.01. The van der Waals surface area contributed by atoms with Crippen LogP contribution in [0, 0.1) is 17.2 Å². The van der Waals surface area contributed by atoms with E-state index in [0.29, 0.717) is 6.54 Å². The van der Waals surface area contributed by atoms with Crippen LogP contribution >= 0.6 is 15.9 Å². The third-order valence-corrected chi connectivity index (χ3v) is 2.80. The molecule has 0 aromatic heterocycles. The van der Waals surface area contributed by atoms with Crippen LogP contribution in [0.3, 0.4) is 0 Å². The molecule has 0 saturated carbocycles. The second-order valence-corrected chi connectivity index (χ2v) is 4.59. The number of halogens is 1. The Balaban J connectivity index is 2.65. The first-order valence-corrected chi connectivity index (χ1v) is 5.73. The van der Waals surface area contributed by atoms with Gasteiger partial charge in [0.25, 0.3) is 0 Å². The summed E-state index contributed by atoms with van der Waals surface area (Å²) in [6, 6.07) is 9.70. The first-order valence-electron chi connectivity index (χ1n) is 4.93. The van der Waals surface area contributed by atoms with E-state index >= 15 is 0 Å². The Labute approximate surface area is 104 Å². The third kappa shape index (κ3) is 3.35. The molecule has 1 rings (SSSR count). The van der Waals surface area contributed by atoms with Gasteiger partial charge in [-0.1, -0.05) is 28.1 Å². The van der Waals surface area contributed by atoms with Crippen LogP contribution in [0.25, 0.3) is 0 Å². The fourth-order valence-electron chi connectivity index (χ4n) is 1.33. The molecule has 0 aliphatic rings. The molecule has 84 valence electrons. The number of hydrogen-bond acceptors (Lipinski definition) is 2. The van der Waals surface area contributed by atoms with Crippen molar-refractivity contribution in [1.29, 1.82) is 5.26 Å². The number of benzene rings is 1. The lowest BCUT2D eigenvalue weighted by molar-refractivity contribution is -0.132. The van der Waals surface area contributed by atoms with E-state index in [-0.39, 0.29) is 5.91 Å². The van der Waals surface area contributed by atoms with Crippen molar-refractivity contribution in [1.82, 2.24) is 4.90 Å². The monoisotopic (exact) mass is 280 g/mol. The normalized spacial score (nSPS) is 11.6. The number of nitrogens with zero attached hydrogens (tertiary/aromatic N) is 2. The van der Waals surface area contributed by atoms with Crippen LogP contribution in [-0.4, -0.2) is 17.9 Å². The summed E-state index contributed by atoms with van der Waals surface area (Å²) in [5.41, 5.74) is 1.05. The number of carbonyl (C=O) groups excluding carboxylic acids is 1. The van der Waals surface area contributed by atoms with Gasteiger partial charge in [-0.3, -0.25) is 4.79 Å². The molecule has 0 fully saturated rings. The molecule has 0 spiro atoms. The zero-order chi connectivity index (χ0) is 12.1. The minimum absolute atomic E-state index is 0.148. The van der Waals surface area contributed by atoms with Crippen molar-refractivity contribution in [2.45, 2.75) is 13.5 Å². The fraction of sp³-hybridized carbons (Fsp3) is 0.333. The zero-order valence-corrected chi connectivity index (χ0v) is 10.9. The van der Waals surface area contributed by atoms with Crippen molar-refractivity contribution in [2.75, 3.05) is 7.05 Å². The molecule has 1 amide bonds. The summed E-state index contributed by atoms with van der Waals surface area (Å²) in [7, 11) is 1.71. The molecule has 0 saturated heterocycles. The highest BCUT2D eigenvalue weighted by molar-refractivity contribution is 9.10. The van der Waals surface area contributed by atoms with Gasteiger partial charge in [-0.05, 0) is 24.6 Å². The average molecular weight is 281 g/mol. The molecule has 0 heterocycles. The van der Waals surface area contributed by atoms with E-state index in [1.807, 2.05) is 30.3 Å². The van der Waals surface area contributed by atoms with Crippen molar-refractivity contribution >= 4 is 21.8 Å². The zero-order valence-electron chi connectivity index (χ0n) is 9.27. The van der Waals surface area contributed by atoms with Crippen molar-refractivity contribution in [3.05, 3.63) is 34.3 Å². The molecule has 1 aromatic carbocycles. The maximum atomic E-state index is 11.6. The Morgan fingerprint density at radius 1 is 1.50 bits per heavy atom. The summed E-state index contributed by atoms with van der Waals surface area (Å²) in [6.07, 6.45) is 0. The average Bonchev–Trinajstić information content (AvgIpc) is 2.30. The second-order valence-electron chi connectivity index (χ2n) is 3.67. The van der Waals surface area contributed by atoms with Crippen LogP contribution in [0.2, 0.25) is 0 Å². The van der Waals surface area contributed by atoms with Crippen LogP contribution in [0.4, 0.5) is 0 Å². The van der Waals surface area contributed by atoms with Crippen molar-refractivity contribution < 1.29 is 4.79 Å². The van der Waals surface area contributed by atoms with Crippen LogP contribution < -0.4 is 0 Å². The number of carbonyl (C=O) groups is 1. The summed E-state index contributed by atoms with van der Waals surface area (Å²) in [6.45, 7) is 2.14. The minimum Gasteiger partial charge on any atom is -0.340 e. The van der Waals surface area contributed by atoms with E-state index in [0.717, 1.165) is 10.0 Å². The maximum absolute atomic E-state index is 11.6. The topological polar surface area (TPSA) is 44.1 Å². The van der Waals surface area contributed by atoms with Crippen LogP contribution in [0.15, 0.2) is 28.7 Å². The number of nitriles is 1. The van der Waals surface area contributed by atoms with Gasteiger partial charge in [0, 0.05) is 18.1 Å². The van der Waals surface area contributed by atoms with E-state index in [9.17, 15) is 4.79 Å². The van der Waals surface area contributed by atoms with E-state index in [2.05, 4.69) is 15.9 Å². The molecule has 1 aromatic rings. The van der Waals surface area contributed by atoms with E-state index in [1.54, 1.807) is 18.9 Å². The van der Waals surface area contributed by atoms with Gasteiger partial charge < -0.3 is 4.90 Å². The highest BCUT2D eigenvalue weighted by Crippen LogP contribution is 2.12. The fourth-order valence-corrected chi connectivity index (χ4v) is 1.59. The van der Waals surface area contributed by atoms with E-state index in [4.69, 9.17) is 5.26 Å². The number of amides is 1. The van der Waals surface area contributed by atoms with Crippen molar-refractivity contribution in [2.24, 2.45) is 5.92 Å². The lowest BCUT2D eigenvalue weighted by Gasteiger charge is -2.18. The Bertz CT molecular complexity index is 408. The summed E-state index contributed by atoms with van der Waals surface area (Å²) in [4.78, 5) is 13.2. The van der Waals surface area contributed by atoms with Gasteiger partial charge in [0.2, 0.25) is 5.91 Å². The van der Waals surface area contributed by atoms with E-state index in [1.165, 1.54) is 0 Å². The third-order valence-electron chi connectivity index (χ3n) is 2.27. The standard InChI is InChI=1S/C12H13BrN2O/c1-9(7-14)12(16)15(2)8-10-3-5-11(13)6-4-10/h3-6,9H,8H2,1-2H3. The maximum Gasteiger partial charge on any atom is 0.239 e. The van der Waals surface area contributed by atoms with Crippen LogP contribution in [0.5, 0.6) is 0 Å². The van der Waals surface area contributed by atoms with Crippen LogP contribution in [-0.2, 0) is 11.3 Å². The summed E-state index contributed by atoms with van der Waals surface area (Å²) >= 11 is 3.35. The SMILES string of the molecule is CC(C#N)C(=O)N(C)Cc1ccc(Br)cc1. The Morgan fingerprint density at radius 2 is 2.06 bits per heavy atom. The van der Waals surface area contributed by atoms with Gasteiger partial charge in [-0.15, -0.1) is 0 Å². The molecule has 0 bridgehead atoms. The van der Waals surface area contributed by atoms with Gasteiger partial charge in [0.05, 0.1) is 6.07 Å². The van der Waals surface area contributed by atoms with Gasteiger partial charge in [0.15, 0.2) is 0 Å². The summed E-state index contributed by atoms with van der Waals surface area (Å²) in [5, 5.41) is 8.65. The molecule has 0 aliphatic heterocycles. The van der Waals surface area contributed by atoms with Gasteiger partial charge in [-0.2, -0.15) is 5.26 Å². The molecule has 16 heavy (non-hydrogen) atoms. The Morgan fingerprint density at radius 3 is 2.56 bits per heavy atom. The first-order chi connectivity index (χ1) is 7.54. The van der Waals surface area contributed by atoms with Gasteiger partial charge in [0.1, 0.15) is 5.92 Å². The van der Waals surface area contributed by atoms with Crippen LogP contribution in [0.1, 0.15) is 12.5 Å². The molecule has 4 heteroatoms. The molecule has 3 nitrogen and oxygen atoms in total. The molecular formula is C12H13BrN2O. The second kappa shape index (κ2) is 5.66. The highest BCUT2D eigenvalue weighted by atomic mass is 79.9. The quantitative estimate of drug-likeness (QED) is 0.854. The smallest absolute Gasteiger partial charge is 0.239 e. The van der Waals surface area contributed by atoms with Crippen molar-refractivity contribution in [3.8, 4) is 6.07 Å². The van der Waals surface area contributed by atoms with Gasteiger partial charge in [-0.25, -0.2) is 0 Å². The molecular weight excluding hydrogens is 268 g/mol. The predicted molar refractivity (Wildman–Crippen MR) is 65.4 cm³/mol. The predicted octanol–water partition coefficient (Wildman–Crippen LogP) is 2.57. The van der Waals surface area contributed by atoms with E-state index < -0.39 is 5.92 Å². The Hall–Kier alpha value is -1.34. The van der Waals surface area contributed by atoms with Gasteiger partial charge >= 0.3 is 0 Å². The molecule has 0 aliphatic carbocycles. The Kier molecular flexibility index (Phi) is 4.51. The number of rotatable bonds is 3. The molecule has 0 radical (unpaired) electrons. The lowest BCUT2D eigenvalue weighted by Crippen LogP contribution is -2.30. The molecule has 1 unspecified atom stereocenters. The summed E-state index contributed by atoms with van der Waals surface area (Å²) in [5.74, 6) is -0.731. The minimum atomic E-state index is -0.583. The number of hydrogen-bond donors (Lipinski definition) is 0. The largest absolute Gasteiger partial charge is 0.340 e. The lowest BCUT2D eigenvalue weighted by atomic mass is 10.1. The first kappa shape index (κ1) is 12.7.